The molecule has 2 heterocycles. The average Bonchev–Trinajstić information content (AvgIpc) is 2.67. The van der Waals surface area contributed by atoms with Crippen molar-refractivity contribution in [2.75, 3.05) is 44.8 Å². The van der Waals surface area contributed by atoms with Gasteiger partial charge in [0, 0.05) is 25.3 Å². The Morgan fingerprint density at radius 2 is 2.04 bits per heavy atom. The first-order valence-electron chi connectivity index (χ1n) is 8.37. The van der Waals surface area contributed by atoms with Crippen molar-refractivity contribution < 1.29 is 9.47 Å². The molecule has 130 valence electrons. The van der Waals surface area contributed by atoms with Crippen molar-refractivity contribution in [3.63, 3.8) is 0 Å². The molecule has 1 aliphatic rings. The largest absolute Gasteiger partial charge is 0.477 e. The van der Waals surface area contributed by atoms with E-state index in [1.807, 2.05) is 30.3 Å². The SMILES string of the molecule is N#Cc1cnc(Nc2ccccc2)nc1OCCCN1CCOCC1. The van der Waals surface area contributed by atoms with Gasteiger partial charge in [0.1, 0.15) is 11.6 Å². The minimum atomic E-state index is 0.318. The molecule has 0 unspecified atom stereocenters. The zero-order chi connectivity index (χ0) is 17.3. The molecule has 0 radical (unpaired) electrons. The van der Waals surface area contributed by atoms with E-state index in [-0.39, 0.29) is 0 Å². The van der Waals surface area contributed by atoms with Crippen molar-refractivity contribution in [1.82, 2.24) is 14.9 Å². The van der Waals surface area contributed by atoms with Gasteiger partial charge in [-0.25, -0.2) is 4.98 Å². The van der Waals surface area contributed by atoms with Crippen LogP contribution in [0.5, 0.6) is 5.88 Å². The van der Waals surface area contributed by atoms with Gasteiger partial charge in [-0.15, -0.1) is 0 Å². The molecule has 0 saturated carbocycles. The zero-order valence-corrected chi connectivity index (χ0v) is 14.0. The van der Waals surface area contributed by atoms with E-state index in [0.717, 1.165) is 45.0 Å². The van der Waals surface area contributed by atoms with Crippen LogP contribution in [0.2, 0.25) is 0 Å². The van der Waals surface area contributed by atoms with Crippen LogP contribution in [0.1, 0.15) is 12.0 Å². The summed E-state index contributed by atoms with van der Waals surface area (Å²) >= 11 is 0. The average molecular weight is 339 g/mol. The summed E-state index contributed by atoms with van der Waals surface area (Å²) in [5, 5.41) is 12.3. The number of nitrogens with one attached hydrogen (secondary N) is 1. The maximum atomic E-state index is 9.21. The van der Waals surface area contributed by atoms with Crippen LogP contribution in [0.15, 0.2) is 36.5 Å². The van der Waals surface area contributed by atoms with Crippen LogP contribution in [0.3, 0.4) is 0 Å². The molecular formula is C18H21N5O2. The molecule has 25 heavy (non-hydrogen) atoms. The van der Waals surface area contributed by atoms with Crippen LogP contribution >= 0.6 is 0 Å². The molecule has 3 rings (SSSR count). The highest BCUT2D eigenvalue weighted by molar-refractivity contribution is 5.54. The minimum absolute atomic E-state index is 0.318. The van der Waals surface area contributed by atoms with Crippen LogP contribution < -0.4 is 10.1 Å². The summed E-state index contributed by atoms with van der Waals surface area (Å²) in [6.45, 7) is 4.96. The van der Waals surface area contributed by atoms with E-state index in [9.17, 15) is 5.26 Å². The maximum Gasteiger partial charge on any atom is 0.236 e. The number of benzene rings is 1. The van der Waals surface area contributed by atoms with Crippen LogP contribution in [0.25, 0.3) is 0 Å². The summed E-state index contributed by atoms with van der Waals surface area (Å²) in [5.41, 5.74) is 1.22. The third kappa shape index (κ3) is 5.14. The molecule has 0 bridgehead atoms. The van der Waals surface area contributed by atoms with E-state index in [0.29, 0.717) is 24.0 Å². The second kappa shape index (κ2) is 8.97. The third-order valence-corrected chi connectivity index (χ3v) is 3.87. The van der Waals surface area contributed by atoms with Gasteiger partial charge in [-0.1, -0.05) is 18.2 Å². The Bertz CT molecular complexity index is 711. The van der Waals surface area contributed by atoms with Gasteiger partial charge in [0.05, 0.1) is 26.0 Å². The number of nitriles is 1. The zero-order valence-electron chi connectivity index (χ0n) is 14.0. The smallest absolute Gasteiger partial charge is 0.236 e. The van der Waals surface area contributed by atoms with Gasteiger partial charge < -0.3 is 14.8 Å². The molecular weight excluding hydrogens is 318 g/mol. The summed E-state index contributed by atoms with van der Waals surface area (Å²) in [5.74, 6) is 0.728. The summed E-state index contributed by atoms with van der Waals surface area (Å²) < 4.78 is 11.1. The van der Waals surface area contributed by atoms with Crippen molar-refractivity contribution >= 4 is 11.6 Å². The number of ether oxygens (including phenoxy) is 2. The number of rotatable bonds is 7. The monoisotopic (exact) mass is 339 g/mol. The number of anilines is 2. The summed E-state index contributed by atoms with van der Waals surface area (Å²) in [4.78, 5) is 10.8. The Morgan fingerprint density at radius 3 is 2.80 bits per heavy atom. The number of aromatic nitrogens is 2. The first kappa shape index (κ1) is 17.1. The quantitative estimate of drug-likeness (QED) is 0.774. The molecule has 1 aromatic heterocycles. The van der Waals surface area contributed by atoms with Crippen molar-refractivity contribution in [1.29, 1.82) is 5.26 Å². The Kier molecular flexibility index (Phi) is 6.15. The van der Waals surface area contributed by atoms with Gasteiger partial charge >= 0.3 is 0 Å². The second-order valence-electron chi connectivity index (χ2n) is 5.67. The van der Waals surface area contributed by atoms with Crippen molar-refractivity contribution in [2.45, 2.75) is 6.42 Å². The van der Waals surface area contributed by atoms with Crippen molar-refractivity contribution in [3.8, 4) is 11.9 Å². The second-order valence-corrected chi connectivity index (χ2v) is 5.67. The fraction of sp³-hybridized carbons (Fsp3) is 0.389. The highest BCUT2D eigenvalue weighted by atomic mass is 16.5. The third-order valence-electron chi connectivity index (χ3n) is 3.87. The van der Waals surface area contributed by atoms with Gasteiger partial charge in [-0.3, -0.25) is 4.90 Å². The number of hydrogen-bond donors (Lipinski definition) is 1. The minimum Gasteiger partial charge on any atom is -0.477 e. The van der Waals surface area contributed by atoms with Crippen LogP contribution in [-0.4, -0.2) is 54.3 Å². The summed E-state index contributed by atoms with van der Waals surface area (Å²) in [6, 6.07) is 11.7. The Balaban J connectivity index is 1.55. The van der Waals surface area contributed by atoms with Gasteiger partial charge in [-0.2, -0.15) is 10.2 Å². The van der Waals surface area contributed by atoms with Gasteiger partial charge in [0.15, 0.2) is 0 Å². The summed E-state index contributed by atoms with van der Waals surface area (Å²) in [7, 11) is 0. The predicted octanol–water partition coefficient (Wildman–Crippen LogP) is 2.19. The molecule has 0 aliphatic carbocycles. The number of para-hydroxylation sites is 1. The van der Waals surface area contributed by atoms with Gasteiger partial charge in [0.25, 0.3) is 0 Å². The fourth-order valence-corrected chi connectivity index (χ4v) is 2.55. The van der Waals surface area contributed by atoms with Crippen LogP contribution in [0, 0.1) is 11.3 Å². The van der Waals surface area contributed by atoms with Crippen molar-refractivity contribution in [3.05, 3.63) is 42.1 Å². The van der Waals surface area contributed by atoms with Gasteiger partial charge in [-0.05, 0) is 18.6 Å². The standard InChI is InChI=1S/C18H21N5O2/c19-13-15-14-20-18(21-16-5-2-1-3-6-16)22-17(15)25-10-4-7-23-8-11-24-12-9-23/h1-3,5-6,14H,4,7-12H2,(H,20,21,22). The topological polar surface area (TPSA) is 83.3 Å². The van der Waals surface area contributed by atoms with E-state index in [1.165, 1.54) is 6.20 Å². The van der Waals surface area contributed by atoms with Crippen molar-refractivity contribution in [2.24, 2.45) is 0 Å². The first-order valence-corrected chi connectivity index (χ1v) is 8.37. The lowest BCUT2D eigenvalue weighted by molar-refractivity contribution is 0.0357. The molecule has 1 saturated heterocycles. The molecule has 0 spiro atoms. The molecule has 1 aliphatic heterocycles. The Morgan fingerprint density at radius 1 is 1.24 bits per heavy atom. The number of morpholine rings is 1. The van der Waals surface area contributed by atoms with E-state index in [4.69, 9.17) is 9.47 Å². The fourth-order valence-electron chi connectivity index (χ4n) is 2.55. The molecule has 1 aromatic carbocycles. The molecule has 1 fully saturated rings. The first-order chi connectivity index (χ1) is 12.3. The lowest BCUT2D eigenvalue weighted by Gasteiger charge is -2.26. The lowest BCUT2D eigenvalue weighted by atomic mass is 10.3. The molecule has 1 N–H and O–H groups in total. The molecule has 0 atom stereocenters. The van der Waals surface area contributed by atoms with E-state index < -0.39 is 0 Å². The molecule has 7 heteroatoms. The maximum absolute atomic E-state index is 9.21. The molecule has 7 nitrogen and oxygen atoms in total. The van der Waals surface area contributed by atoms with E-state index >= 15 is 0 Å². The van der Waals surface area contributed by atoms with Gasteiger partial charge in [0.2, 0.25) is 11.8 Å². The van der Waals surface area contributed by atoms with E-state index in [2.05, 4.69) is 26.3 Å². The lowest BCUT2D eigenvalue weighted by Crippen LogP contribution is -2.37. The number of hydrogen-bond acceptors (Lipinski definition) is 7. The number of nitrogens with zero attached hydrogens (tertiary/aromatic N) is 4. The Hall–Kier alpha value is -2.69. The van der Waals surface area contributed by atoms with E-state index in [1.54, 1.807) is 0 Å². The normalized spacial score (nSPS) is 14.7. The Labute approximate surface area is 147 Å². The van der Waals surface area contributed by atoms with Crippen LogP contribution in [-0.2, 0) is 4.74 Å². The highest BCUT2D eigenvalue weighted by Crippen LogP contribution is 2.18. The van der Waals surface area contributed by atoms with Crippen LogP contribution in [0.4, 0.5) is 11.6 Å². The molecule has 2 aromatic rings. The predicted molar refractivity (Wildman–Crippen MR) is 93.8 cm³/mol. The highest BCUT2D eigenvalue weighted by Gasteiger charge is 2.11. The molecule has 0 amide bonds. The summed E-state index contributed by atoms with van der Waals surface area (Å²) in [6.07, 6.45) is 2.35.